The lowest BCUT2D eigenvalue weighted by Crippen LogP contribution is -2.46. The van der Waals surface area contributed by atoms with Gasteiger partial charge in [-0.25, -0.2) is 4.99 Å². The lowest BCUT2D eigenvalue weighted by atomic mass is 9.69. The fraction of sp³-hybridized carbons (Fsp3) is 0.565. The average molecular weight is 541 g/mol. The number of aryl methyl sites for hydroxylation is 1. The summed E-state index contributed by atoms with van der Waals surface area (Å²) in [7, 11) is 5.32. The molecule has 1 saturated carbocycles. The molecule has 0 aliphatic heterocycles. The first-order valence-electron chi connectivity index (χ1n) is 10.8. The van der Waals surface area contributed by atoms with Crippen LogP contribution in [0.2, 0.25) is 0 Å². The van der Waals surface area contributed by atoms with Crippen LogP contribution in [0.1, 0.15) is 50.3 Å². The number of nitrogens with one attached hydrogen (secondary N) is 2. The summed E-state index contributed by atoms with van der Waals surface area (Å²) in [5.41, 5.74) is 2.44. The second-order valence-electron chi connectivity index (χ2n) is 7.91. The van der Waals surface area contributed by atoms with E-state index in [4.69, 9.17) is 14.5 Å². The molecule has 1 fully saturated rings. The molecular weight excluding hydrogens is 505 g/mol. The van der Waals surface area contributed by atoms with Gasteiger partial charge in [0.15, 0.2) is 17.5 Å². The number of methoxy groups -OCH3 is 2. The number of aromatic nitrogens is 2. The van der Waals surface area contributed by atoms with Crippen molar-refractivity contribution in [3.8, 4) is 11.5 Å². The molecule has 8 heteroatoms. The van der Waals surface area contributed by atoms with E-state index in [1.54, 1.807) is 20.4 Å². The zero-order chi connectivity index (χ0) is 21.4. The van der Waals surface area contributed by atoms with E-state index in [2.05, 4.69) is 34.8 Å². The normalized spacial score (nSPS) is 15.7. The lowest BCUT2D eigenvalue weighted by Gasteiger charge is -2.38. The highest BCUT2D eigenvalue weighted by Gasteiger charge is 2.34. The van der Waals surface area contributed by atoms with Crippen molar-refractivity contribution < 1.29 is 9.47 Å². The van der Waals surface area contributed by atoms with E-state index in [9.17, 15) is 0 Å². The third kappa shape index (κ3) is 6.27. The second kappa shape index (κ2) is 12.2. The monoisotopic (exact) mass is 541 g/mol. The molecule has 3 rings (SSSR count). The number of ether oxygens (including phenoxy) is 2. The molecule has 0 atom stereocenters. The number of rotatable bonds is 8. The molecule has 1 heterocycles. The Morgan fingerprint density at radius 1 is 1.10 bits per heavy atom. The molecule has 0 bridgehead atoms. The van der Waals surface area contributed by atoms with Crippen molar-refractivity contribution in [3.63, 3.8) is 0 Å². The highest BCUT2D eigenvalue weighted by molar-refractivity contribution is 14.0. The van der Waals surface area contributed by atoms with E-state index in [1.165, 1.54) is 24.8 Å². The van der Waals surface area contributed by atoms with E-state index < -0.39 is 0 Å². The van der Waals surface area contributed by atoms with Gasteiger partial charge in [0.1, 0.15) is 0 Å². The maximum Gasteiger partial charge on any atom is 0.191 e. The minimum atomic E-state index is 0. The van der Waals surface area contributed by atoms with Crippen LogP contribution in [0.3, 0.4) is 0 Å². The molecule has 172 valence electrons. The molecule has 1 aromatic heterocycles. The third-order valence-corrected chi connectivity index (χ3v) is 6.07. The van der Waals surface area contributed by atoms with Crippen LogP contribution in [0, 0.1) is 0 Å². The largest absolute Gasteiger partial charge is 0.493 e. The molecule has 1 aliphatic carbocycles. The van der Waals surface area contributed by atoms with Crippen LogP contribution in [0.5, 0.6) is 11.5 Å². The van der Waals surface area contributed by atoms with Crippen molar-refractivity contribution in [2.45, 2.75) is 51.0 Å². The topological polar surface area (TPSA) is 72.7 Å². The summed E-state index contributed by atoms with van der Waals surface area (Å²) in [6.07, 6.45) is 7.87. The van der Waals surface area contributed by atoms with Crippen LogP contribution >= 0.6 is 24.0 Å². The van der Waals surface area contributed by atoms with Crippen LogP contribution in [-0.4, -0.2) is 43.0 Å². The highest BCUT2D eigenvalue weighted by Crippen LogP contribution is 2.42. The number of benzene rings is 1. The fourth-order valence-corrected chi connectivity index (χ4v) is 4.27. The lowest BCUT2D eigenvalue weighted by molar-refractivity contribution is 0.288. The number of aliphatic imine (C=N–C) groups is 1. The van der Waals surface area contributed by atoms with Gasteiger partial charge >= 0.3 is 0 Å². The quantitative estimate of drug-likeness (QED) is 0.300. The highest BCUT2D eigenvalue weighted by atomic mass is 127. The Hall–Kier alpha value is -1.97. The minimum absolute atomic E-state index is 0. The molecule has 2 N–H and O–H groups in total. The molecular formula is C23H36IN5O2. The van der Waals surface area contributed by atoms with Gasteiger partial charge in [0.2, 0.25) is 0 Å². The van der Waals surface area contributed by atoms with Crippen LogP contribution in [0.15, 0.2) is 35.5 Å². The molecule has 0 amide bonds. The van der Waals surface area contributed by atoms with E-state index in [0.717, 1.165) is 49.1 Å². The van der Waals surface area contributed by atoms with E-state index in [1.807, 2.05) is 23.9 Å². The van der Waals surface area contributed by atoms with Gasteiger partial charge < -0.3 is 20.1 Å². The number of hydrogen-bond acceptors (Lipinski definition) is 4. The minimum Gasteiger partial charge on any atom is -0.493 e. The number of guanidine groups is 1. The smallest absolute Gasteiger partial charge is 0.191 e. The molecule has 2 aromatic rings. The van der Waals surface area contributed by atoms with E-state index in [-0.39, 0.29) is 29.4 Å². The molecule has 0 spiro atoms. The van der Waals surface area contributed by atoms with Crippen molar-refractivity contribution in [1.29, 1.82) is 0 Å². The van der Waals surface area contributed by atoms with Gasteiger partial charge in [0, 0.05) is 31.7 Å². The van der Waals surface area contributed by atoms with E-state index >= 15 is 0 Å². The zero-order valence-corrected chi connectivity index (χ0v) is 21.4. The molecule has 1 aliphatic rings. The van der Waals surface area contributed by atoms with Crippen LogP contribution in [0.4, 0.5) is 0 Å². The number of hydrogen-bond donors (Lipinski definition) is 2. The van der Waals surface area contributed by atoms with Gasteiger partial charge in [0.25, 0.3) is 0 Å². The second-order valence-corrected chi connectivity index (χ2v) is 7.91. The number of nitrogens with zero attached hydrogens (tertiary/aromatic N) is 3. The first kappa shape index (κ1) is 25.3. The Morgan fingerprint density at radius 3 is 2.45 bits per heavy atom. The summed E-state index contributed by atoms with van der Waals surface area (Å²) < 4.78 is 12.9. The van der Waals surface area contributed by atoms with Crippen molar-refractivity contribution >= 4 is 29.9 Å². The first-order chi connectivity index (χ1) is 14.6. The van der Waals surface area contributed by atoms with Gasteiger partial charge in [-0.3, -0.25) is 4.68 Å². The Kier molecular flexibility index (Phi) is 9.93. The summed E-state index contributed by atoms with van der Waals surface area (Å²) >= 11 is 0. The fourth-order valence-electron chi connectivity index (χ4n) is 4.27. The van der Waals surface area contributed by atoms with Crippen molar-refractivity contribution in [2.24, 2.45) is 12.0 Å². The first-order valence-corrected chi connectivity index (χ1v) is 10.8. The van der Waals surface area contributed by atoms with Gasteiger partial charge in [-0.2, -0.15) is 5.10 Å². The molecule has 7 nitrogen and oxygen atoms in total. The zero-order valence-electron chi connectivity index (χ0n) is 19.1. The summed E-state index contributed by atoms with van der Waals surface area (Å²) in [6.45, 7) is 4.33. The molecule has 0 saturated heterocycles. The molecule has 0 radical (unpaired) electrons. The van der Waals surface area contributed by atoms with Crippen LogP contribution in [-0.2, 0) is 19.0 Å². The Bertz CT molecular complexity index is 846. The summed E-state index contributed by atoms with van der Waals surface area (Å²) in [4.78, 5) is 4.78. The van der Waals surface area contributed by atoms with Crippen molar-refractivity contribution in [2.75, 3.05) is 27.3 Å². The maximum absolute atomic E-state index is 5.58. The Morgan fingerprint density at radius 2 is 1.84 bits per heavy atom. The van der Waals surface area contributed by atoms with Crippen molar-refractivity contribution in [3.05, 3.63) is 41.7 Å². The standard InChI is InChI=1S/C23H35N5O2.HI/c1-5-24-22(25-16-19-11-14-27-28(19)2)26-17-23(12-7-6-8-13-23)18-9-10-20(29-3)21(15-18)30-4;/h9-11,14-15H,5-8,12-13,16-17H2,1-4H3,(H2,24,25,26);1H. The molecule has 0 unspecified atom stereocenters. The van der Waals surface area contributed by atoms with E-state index in [0.29, 0.717) is 6.54 Å². The number of halogens is 1. The van der Waals surface area contributed by atoms with Crippen LogP contribution < -0.4 is 20.1 Å². The summed E-state index contributed by atoms with van der Waals surface area (Å²) in [5.74, 6) is 2.40. The van der Waals surface area contributed by atoms with Gasteiger partial charge in [-0.15, -0.1) is 24.0 Å². The van der Waals surface area contributed by atoms with Gasteiger partial charge in [-0.1, -0.05) is 25.3 Å². The van der Waals surface area contributed by atoms with Gasteiger partial charge in [-0.05, 0) is 43.5 Å². The molecule has 31 heavy (non-hydrogen) atoms. The summed E-state index contributed by atoms with van der Waals surface area (Å²) in [6, 6.07) is 8.35. The van der Waals surface area contributed by atoms with Crippen LogP contribution in [0.25, 0.3) is 0 Å². The predicted molar refractivity (Wildman–Crippen MR) is 136 cm³/mol. The van der Waals surface area contributed by atoms with Gasteiger partial charge in [0.05, 0.1) is 26.5 Å². The average Bonchev–Trinajstić information content (AvgIpc) is 3.20. The summed E-state index contributed by atoms with van der Waals surface area (Å²) in [5, 5.41) is 11.2. The SMILES string of the molecule is CCNC(=NCc1ccnn1C)NCC1(c2ccc(OC)c(OC)c2)CCCCC1.I. The maximum atomic E-state index is 5.58. The Labute approximate surface area is 203 Å². The molecule has 1 aromatic carbocycles. The van der Waals surface area contributed by atoms with Crippen molar-refractivity contribution in [1.82, 2.24) is 20.4 Å². The predicted octanol–water partition coefficient (Wildman–Crippen LogP) is 4.01. The third-order valence-electron chi connectivity index (χ3n) is 6.07. The Balaban J connectivity index is 0.00000341.